The van der Waals surface area contributed by atoms with Crippen LogP contribution in [0.15, 0.2) is 23.0 Å². The molecule has 2 aromatic rings. The Kier molecular flexibility index (Phi) is 3.71. The van der Waals surface area contributed by atoms with Gasteiger partial charge in [-0.25, -0.2) is 4.79 Å². The van der Waals surface area contributed by atoms with Gasteiger partial charge < -0.3 is 20.6 Å². The van der Waals surface area contributed by atoms with Crippen LogP contribution in [-0.4, -0.2) is 29.5 Å². The van der Waals surface area contributed by atoms with E-state index in [1.807, 2.05) is 6.92 Å². The molecule has 0 aliphatic rings. The molecule has 1 aromatic heterocycles. The van der Waals surface area contributed by atoms with Crippen LogP contribution in [0.4, 0.5) is 5.69 Å². The van der Waals surface area contributed by atoms with Crippen LogP contribution in [0.1, 0.15) is 13.3 Å². The minimum absolute atomic E-state index is 0.0164. The molecule has 19 heavy (non-hydrogen) atoms. The van der Waals surface area contributed by atoms with Crippen LogP contribution in [0.2, 0.25) is 0 Å². The second kappa shape index (κ2) is 5.27. The van der Waals surface area contributed by atoms with Gasteiger partial charge in [0.25, 0.3) is 0 Å². The van der Waals surface area contributed by atoms with Gasteiger partial charge in [0.2, 0.25) is 5.91 Å². The van der Waals surface area contributed by atoms with E-state index in [0.717, 1.165) is 11.2 Å². The average Bonchev–Trinajstić information content (AvgIpc) is 2.76. The number of hydrogen-bond donors (Lipinski definition) is 3. The molecule has 0 radical (unpaired) electrons. The minimum Gasteiger partial charge on any atom is -0.330 e. The zero-order valence-electron chi connectivity index (χ0n) is 11.1. The summed E-state index contributed by atoms with van der Waals surface area (Å²) in [4.78, 5) is 30.3. The predicted octanol–water partition coefficient (Wildman–Crippen LogP) is 0.804. The Morgan fingerprint density at radius 1 is 1.37 bits per heavy atom. The van der Waals surface area contributed by atoms with Crippen LogP contribution in [0.3, 0.4) is 0 Å². The summed E-state index contributed by atoms with van der Waals surface area (Å²) in [7, 11) is 1.72. The number of H-pyrrole nitrogens is 2. The molecule has 0 spiro atoms. The third-order valence-corrected chi connectivity index (χ3v) is 3.24. The van der Waals surface area contributed by atoms with E-state index in [-0.39, 0.29) is 17.5 Å². The summed E-state index contributed by atoms with van der Waals surface area (Å²) in [5.41, 5.74) is 7.38. The zero-order chi connectivity index (χ0) is 14.0. The first-order valence-corrected chi connectivity index (χ1v) is 6.22. The molecule has 1 amide bonds. The number of fused-ring (bicyclic) bond motifs is 1. The summed E-state index contributed by atoms with van der Waals surface area (Å²) in [6, 6.07) is 5.36. The summed E-state index contributed by atoms with van der Waals surface area (Å²) >= 11 is 0. The smallest absolute Gasteiger partial charge is 0.323 e. The first kappa shape index (κ1) is 13.4. The van der Waals surface area contributed by atoms with Crippen LogP contribution in [0.25, 0.3) is 11.0 Å². The number of benzene rings is 1. The summed E-state index contributed by atoms with van der Waals surface area (Å²) in [5, 5.41) is 0. The van der Waals surface area contributed by atoms with Crippen molar-refractivity contribution < 1.29 is 4.79 Å². The van der Waals surface area contributed by atoms with Crippen molar-refractivity contribution in [2.45, 2.75) is 13.3 Å². The number of hydrogen-bond acceptors (Lipinski definition) is 3. The van der Waals surface area contributed by atoms with Gasteiger partial charge in [0.15, 0.2) is 0 Å². The summed E-state index contributed by atoms with van der Waals surface area (Å²) in [6.45, 7) is 2.35. The maximum Gasteiger partial charge on any atom is 0.323 e. The van der Waals surface area contributed by atoms with Crippen molar-refractivity contribution >= 4 is 22.6 Å². The molecule has 0 aliphatic heterocycles. The number of carbonyl (C=O) groups is 1. The summed E-state index contributed by atoms with van der Waals surface area (Å²) in [5.74, 6) is -0.0985. The average molecular weight is 262 g/mol. The molecule has 6 heteroatoms. The SMILES string of the molecule is CC(CCN)C(=O)N(C)c1ccc2[nH]c(=O)[nH]c2c1. The van der Waals surface area contributed by atoms with E-state index in [1.54, 1.807) is 30.1 Å². The Bertz CT molecular complexity index is 643. The molecule has 1 unspecified atom stereocenters. The van der Waals surface area contributed by atoms with E-state index in [2.05, 4.69) is 9.97 Å². The maximum atomic E-state index is 12.2. The van der Waals surface area contributed by atoms with Crippen molar-refractivity contribution in [1.29, 1.82) is 0 Å². The molecule has 0 fully saturated rings. The first-order valence-electron chi connectivity index (χ1n) is 6.22. The molecule has 102 valence electrons. The van der Waals surface area contributed by atoms with E-state index in [1.165, 1.54) is 0 Å². The number of amides is 1. The summed E-state index contributed by atoms with van der Waals surface area (Å²) < 4.78 is 0. The Hall–Kier alpha value is -2.08. The Morgan fingerprint density at radius 3 is 2.74 bits per heavy atom. The van der Waals surface area contributed by atoms with Gasteiger partial charge >= 0.3 is 5.69 Å². The molecule has 6 nitrogen and oxygen atoms in total. The van der Waals surface area contributed by atoms with Crippen LogP contribution in [0.5, 0.6) is 0 Å². The number of aromatic nitrogens is 2. The first-order chi connectivity index (χ1) is 9.02. The van der Waals surface area contributed by atoms with Crippen molar-refractivity contribution in [3.63, 3.8) is 0 Å². The lowest BCUT2D eigenvalue weighted by molar-refractivity contribution is -0.121. The number of aromatic amines is 2. The number of carbonyl (C=O) groups excluding carboxylic acids is 1. The molecule has 2 rings (SSSR count). The highest BCUT2D eigenvalue weighted by Gasteiger charge is 2.18. The van der Waals surface area contributed by atoms with E-state index >= 15 is 0 Å². The highest BCUT2D eigenvalue weighted by atomic mass is 16.2. The lowest BCUT2D eigenvalue weighted by Gasteiger charge is -2.21. The van der Waals surface area contributed by atoms with E-state index < -0.39 is 0 Å². The van der Waals surface area contributed by atoms with Crippen molar-refractivity contribution in [2.75, 3.05) is 18.5 Å². The van der Waals surface area contributed by atoms with Gasteiger partial charge in [-0.15, -0.1) is 0 Å². The normalized spacial score (nSPS) is 12.6. The number of nitrogens with one attached hydrogen (secondary N) is 2. The number of anilines is 1. The van der Waals surface area contributed by atoms with Crippen molar-refractivity contribution in [1.82, 2.24) is 9.97 Å². The molecular formula is C13H18N4O2. The highest BCUT2D eigenvalue weighted by molar-refractivity contribution is 5.96. The van der Waals surface area contributed by atoms with Gasteiger partial charge in [-0.2, -0.15) is 0 Å². The highest BCUT2D eigenvalue weighted by Crippen LogP contribution is 2.20. The maximum absolute atomic E-state index is 12.2. The number of imidazole rings is 1. The predicted molar refractivity (Wildman–Crippen MR) is 75.2 cm³/mol. The van der Waals surface area contributed by atoms with Crippen molar-refractivity contribution in [3.05, 3.63) is 28.7 Å². The van der Waals surface area contributed by atoms with E-state index in [0.29, 0.717) is 18.5 Å². The monoisotopic (exact) mass is 262 g/mol. The fourth-order valence-electron chi connectivity index (χ4n) is 2.06. The Morgan fingerprint density at radius 2 is 2.05 bits per heavy atom. The molecule has 1 heterocycles. The standard InChI is InChI=1S/C13H18N4O2/c1-8(5-6-14)12(18)17(2)9-3-4-10-11(7-9)16-13(19)15-10/h3-4,7-8H,5-6,14H2,1-2H3,(H2,15,16,19). The van der Waals surface area contributed by atoms with Crippen LogP contribution >= 0.6 is 0 Å². The fourth-order valence-corrected chi connectivity index (χ4v) is 2.06. The zero-order valence-corrected chi connectivity index (χ0v) is 11.1. The van der Waals surface area contributed by atoms with Crippen molar-refractivity contribution in [3.8, 4) is 0 Å². The topological polar surface area (TPSA) is 95.0 Å². The van der Waals surface area contributed by atoms with Gasteiger partial charge in [-0.1, -0.05) is 6.92 Å². The number of rotatable bonds is 4. The molecule has 1 atom stereocenters. The second-order valence-corrected chi connectivity index (χ2v) is 4.68. The fraction of sp³-hybridized carbons (Fsp3) is 0.385. The third-order valence-electron chi connectivity index (χ3n) is 3.24. The molecular weight excluding hydrogens is 244 g/mol. The molecule has 0 saturated carbocycles. The molecule has 0 saturated heterocycles. The lowest BCUT2D eigenvalue weighted by atomic mass is 10.1. The van der Waals surface area contributed by atoms with Gasteiger partial charge in [-0.3, -0.25) is 4.79 Å². The number of nitrogens with two attached hydrogens (primary N) is 1. The molecule has 4 N–H and O–H groups in total. The van der Waals surface area contributed by atoms with Gasteiger partial charge in [-0.05, 0) is 31.2 Å². The van der Waals surface area contributed by atoms with E-state index in [9.17, 15) is 9.59 Å². The van der Waals surface area contributed by atoms with Gasteiger partial charge in [0, 0.05) is 18.7 Å². The molecule has 0 aliphatic carbocycles. The quantitative estimate of drug-likeness (QED) is 0.760. The third kappa shape index (κ3) is 2.68. The minimum atomic E-state index is -0.252. The Labute approximate surface area is 110 Å². The number of nitrogens with zero attached hydrogens (tertiary/aromatic N) is 1. The van der Waals surface area contributed by atoms with E-state index in [4.69, 9.17) is 5.73 Å². The largest absolute Gasteiger partial charge is 0.330 e. The van der Waals surface area contributed by atoms with Crippen LogP contribution < -0.4 is 16.3 Å². The van der Waals surface area contributed by atoms with Crippen LogP contribution in [-0.2, 0) is 4.79 Å². The Balaban J connectivity index is 2.27. The van der Waals surface area contributed by atoms with Crippen molar-refractivity contribution in [2.24, 2.45) is 11.7 Å². The second-order valence-electron chi connectivity index (χ2n) is 4.68. The van der Waals surface area contributed by atoms with Gasteiger partial charge in [0.1, 0.15) is 0 Å². The lowest BCUT2D eigenvalue weighted by Crippen LogP contribution is -2.32. The van der Waals surface area contributed by atoms with Crippen LogP contribution in [0, 0.1) is 5.92 Å². The summed E-state index contributed by atoms with van der Waals surface area (Å²) in [6.07, 6.45) is 0.659. The molecule has 0 bridgehead atoms. The van der Waals surface area contributed by atoms with Gasteiger partial charge in [0.05, 0.1) is 11.0 Å². The molecule has 1 aromatic carbocycles.